The number of fused-ring (bicyclic) bond motifs is 3. The molecule has 0 radical (unpaired) electrons. The molecule has 2 atom stereocenters. The number of nitrogens with zero attached hydrogens (tertiary/aromatic N) is 1. The van der Waals surface area contributed by atoms with Gasteiger partial charge in [-0.2, -0.15) is 0 Å². The lowest BCUT2D eigenvalue weighted by Crippen LogP contribution is -2.27. The monoisotopic (exact) mass is 309 g/mol. The van der Waals surface area contributed by atoms with Crippen molar-refractivity contribution < 1.29 is 9.47 Å². The minimum absolute atomic E-state index is 0.303. The van der Waals surface area contributed by atoms with Gasteiger partial charge in [0, 0.05) is 25.6 Å². The average molecular weight is 309 g/mol. The Morgan fingerprint density at radius 3 is 2.78 bits per heavy atom. The lowest BCUT2D eigenvalue weighted by Gasteiger charge is -2.29. The lowest BCUT2D eigenvalue weighted by atomic mass is 9.87. The van der Waals surface area contributed by atoms with Gasteiger partial charge in [-0.3, -0.25) is 4.90 Å². The van der Waals surface area contributed by atoms with Crippen molar-refractivity contribution >= 4 is 0 Å². The molecule has 2 unspecified atom stereocenters. The van der Waals surface area contributed by atoms with Gasteiger partial charge in [-0.15, -0.1) is 0 Å². The zero-order chi connectivity index (χ0) is 15.8. The van der Waals surface area contributed by atoms with Gasteiger partial charge in [0.15, 0.2) is 0 Å². The van der Waals surface area contributed by atoms with Gasteiger partial charge in [0.2, 0.25) is 0 Å². The Hall–Kier alpha value is -1.84. The third-order valence-corrected chi connectivity index (χ3v) is 5.15. The molecule has 23 heavy (non-hydrogen) atoms. The van der Waals surface area contributed by atoms with E-state index >= 15 is 0 Å². The first kappa shape index (κ1) is 14.7. The molecule has 4 rings (SSSR count). The van der Waals surface area contributed by atoms with Crippen LogP contribution in [-0.2, 0) is 17.9 Å². The Balaban J connectivity index is 1.58. The molecule has 0 bridgehead atoms. The molecule has 1 saturated heterocycles. The van der Waals surface area contributed by atoms with Crippen LogP contribution in [-0.4, -0.2) is 31.2 Å². The highest BCUT2D eigenvalue weighted by Crippen LogP contribution is 2.40. The smallest absolute Gasteiger partial charge is 0.119 e. The van der Waals surface area contributed by atoms with Gasteiger partial charge >= 0.3 is 0 Å². The number of hydrogen-bond donors (Lipinski definition) is 0. The number of ether oxygens (including phenoxy) is 2. The van der Waals surface area contributed by atoms with E-state index in [0.29, 0.717) is 12.0 Å². The van der Waals surface area contributed by atoms with Gasteiger partial charge in [-0.05, 0) is 41.3 Å². The SMILES string of the molecule is COc1cc(C)c2c(c1)C1CN(Cc3ccccc3)CC1OC2. The van der Waals surface area contributed by atoms with Crippen LogP contribution in [0.25, 0.3) is 0 Å². The van der Waals surface area contributed by atoms with Crippen molar-refractivity contribution in [2.75, 3.05) is 20.2 Å². The number of likely N-dealkylation sites (tertiary alicyclic amines) is 1. The zero-order valence-corrected chi connectivity index (χ0v) is 13.8. The van der Waals surface area contributed by atoms with E-state index in [4.69, 9.17) is 9.47 Å². The number of aryl methyl sites for hydroxylation is 1. The van der Waals surface area contributed by atoms with Crippen LogP contribution in [0.3, 0.4) is 0 Å². The molecule has 2 aliphatic heterocycles. The maximum Gasteiger partial charge on any atom is 0.119 e. The van der Waals surface area contributed by atoms with Crippen molar-refractivity contribution in [2.45, 2.75) is 32.1 Å². The first-order valence-electron chi connectivity index (χ1n) is 8.30. The molecule has 0 aromatic heterocycles. The minimum Gasteiger partial charge on any atom is -0.497 e. The van der Waals surface area contributed by atoms with E-state index in [9.17, 15) is 0 Å². The maximum absolute atomic E-state index is 6.17. The second-order valence-electron chi connectivity index (χ2n) is 6.65. The summed E-state index contributed by atoms with van der Waals surface area (Å²) in [6, 6.07) is 15.0. The van der Waals surface area contributed by atoms with Gasteiger partial charge in [-0.1, -0.05) is 30.3 Å². The number of benzene rings is 2. The fourth-order valence-corrected chi connectivity index (χ4v) is 3.94. The summed E-state index contributed by atoms with van der Waals surface area (Å²) in [6.45, 7) is 5.94. The Morgan fingerprint density at radius 2 is 2.00 bits per heavy atom. The largest absolute Gasteiger partial charge is 0.497 e. The molecule has 0 N–H and O–H groups in total. The van der Waals surface area contributed by atoms with Crippen molar-refractivity contribution in [1.82, 2.24) is 4.90 Å². The molecule has 3 nitrogen and oxygen atoms in total. The second kappa shape index (κ2) is 5.99. The quantitative estimate of drug-likeness (QED) is 0.866. The fourth-order valence-electron chi connectivity index (χ4n) is 3.94. The molecule has 120 valence electrons. The summed E-state index contributed by atoms with van der Waals surface area (Å²) in [6.07, 6.45) is 0.303. The van der Waals surface area contributed by atoms with Crippen LogP contribution in [0.15, 0.2) is 42.5 Å². The van der Waals surface area contributed by atoms with Crippen LogP contribution in [0, 0.1) is 6.92 Å². The Bertz CT molecular complexity index is 698. The summed E-state index contributed by atoms with van der Waals surface area (Å²) in [5.41, 5.74) is 5.43. The highest BCUT2D eigenvalue weighted by molar-refractivity contribution is 5.45. The van der Waals surface area contributed by atoms with Crippen LogP contribution in [0.1, 0.15) is 28.2 Å². The molecule has 3 heteroatoms. The molecule has 1 fully saturated rings. The first-order chi connectivity index (χ1) is 11.2. The number of methoxy groups -OCH3 is 1. The van der Waals surface area contributed by atoms with Crippen molar-refractivity contribution in [3.63, 3.8) is 0 Å². The van der Waals surface area contributed by atoms with Crippen LogP contribution >= 0.6 is 0 Å². The molecule has 2 aliphatic rings. The minimum atomic E-state index is 0.303. The molecule has 2 heterocycles. The van der Waals surface area contributed by atoms with Crippen LogP contribution < -0.4 is 4.74 Å². The predicted octanol–water partition coefficient (Wildman–Crippen LogP) is 3.50. The summed E-state index contributed by atoms with van der Waals surface area (Å²) in [5.74, 6) is 1.42. The highest BCUT2D eigenvalue weighted by Gasteiger charge is 2.39. The van der Waals surface area contributed by atoms with Crippen molar-refractivity contribution in [3.05, 3.63) is 64.7 Å². The van der Waals surface area contributed by atoms with Gasteiger partial charge in [0.25, 0.3) is 0 Å². The van der Waals surface area contributed by atoms with E-state index < -0.39 is 0 Å². The van der Waals surface area contributed by atoms with Crippen molar-refractivity contribution in [1.29, 1.82) is 0 Å². The molecule has 0 amide bonds. The molecule has 2 aromatic carbocycles. The van der Waals surface area contributed by atoms with Crippen molar-refractivity contribution in [2.24, 2.45) is 0 Å². The maximum atomic E-state index is 6.17. The van der Waals surface area contributed by atoms with Gasteiger partial charge < -0.3 is 9.47 Å². The summed E-state index contributed by atoms with van der Waals surface area (Å²) in [5, 5.41) is 0. The standard InChI is InChI=1S/C20H23NO2/c1-14-8-16(22-2)9-17-18-11-21(10-15-6-4-3-5-7-15)12-20(18)23-13-19(14)17/h3-9,18,20H,10-13H2,1-2H3. The van der Waals surface area contributed by atoms with Crippen LogP contribution in [0.4, 0.5) is 0 Å². The van der Waals surface area contributed by atoms with Gasteiger partial charge in [0.1, 0.15) is 5.75 Å². The molecule has 0 aliphatic carbocycles. The van der Waals surface area contributed by atoms with E-state index in [2.05, 4.69) is 54.3 Å². The Labute approximate surface area is 137 Å². The summed E-state index contributed by atoms with van der Waals surface area (Å²) in [4.78, 5) is 2.51. The third kappa shape index (κ3) is 2.75. The van der Waals surface area contributed by atoms with Crippen LogP contribution in [0.5, 0.6) is 5.75 Å². The second-order valence-corrected chi connectivity index (χ2v) is 6.65. The van der Waals surface area contributed by atoms with E-state index in [1.165, 1.54) is 22.3 Å². The molecular weight excluding hydrogens is 286 g/mol. The molecular formula is C20H23NO2. The van der Waals surface area contributed by atoms with Crippen molar-refractivity contribution in [3.8, 4) is 5.75 Å². The van der Waals surface area contributed by atoms with E-state index in [0.717, 1.165) is 32.0 Å². The van der Waals surface area contributed by atoms with E-state index in [1.807, 2.05) is 0 Å². The van der Waals surface area contributed by atoms with E-state index in [1.54, 1.807) is 7.11 Å². The lowest BCUT2D eigenvalue weighted by molar-refractivity contribution is 0.0245. The van der Waals surface area contributed by atoms with Gasteiger partial charge in [0.05, 0.1) is 19.8 Å². The summed E-state index contributed by atoms with van der Waals surface area (Å²) in [7, 11) is 1.74. The van der Waals surface area contributed by atoms with E-state index in [-0.39, 0.29) is 0 Å². The topological polar surface area (TPSA) is 21.7 Å². The number of rotatable bonds is 3. The molecule has 0 saturated carbocycles. The fraction of sp³-hybridized carbons (Fsp3) is 0.400. The third-order valence-electron chi connectivity index (χ3n) is 5.15. The predicted molar refractivity (Wildman–Crippen MR) is 90.8 cm³/mol. The zero-order valence-electron chi connectivity index (χ0n) is 13.8. The molecule has 2 aromatic rings. The average Bonchev–Trinajstić information content (AvgIpc) is 2.98. The summed E-state index contributed by atoms with van der Waals surface area (Å²) < 4.78 is 11.6. The normalized spacial score (nSPS) is 23.4. The Morgan fingerprint density at radius 1 is 1.17 bits per heavy atom. The van der Waals surface area contributed by atoms with Crippen LogP contribution in [0.2, 0.25) is 0 Å². The van der Waals surface area contributed by atoms with Gasteiger partial charge in [-0.25, -0.2) is 0 Å². The highest BCUT2D eigenvalue weighted by atomic mass is 16.5. The Kier molecular flexibility index (Phi) is 3.83. The summed E-state index contributed by atoms with van der Waals surface area (Å²) >= 11 is 0. The molecule has 0 spiro atoms. The first-order valence-corrected chi connectivity index (χ1v) is 8.30. The number of hydrogen-bond acceptors (Lipinski definition) is 3.